The highest BCUT2D eigenvalue weighted by Gasteiger charge is 2.11. The summed E-state index contributed by atoms with van der Waals surface area (Å²) in [4.78, 5) is 0. The second-order valence-corrected chi connectivity index (χ2v) is 5.07. The van der Waals surface area contributed by atoms with Crippen molar-refractivity contribution < 1.29 is 8.97 Å². The Bertz CT molecular complexity index is 638. The van der Waals surface area contributed by atoms with Crippen molar-refractivity contribution in [2.45, 2.75) is 0 Å². The Labute approximate surface area is 123 Å². The summed E-state index contributed by atoms with van der Waals surface area (Å²) in [5.41, 5.74) is 2.68. The van der Waals surface area contributed by atoms with E-state index in [9.17, 15) is 4.39 Å². The fourth-order valence-corrected chi connectivity index (χ4v) is 2.17. The van der Waals surface area contributed by atoms with Gasteiger partial charge in [-0.2, -0.15) is 0 Å². The van der Waals surface area contributed by atoms with E-state index in [4.69, 9.17) is 11.6 Å². The Morgan fingerprint density at radius 2 is 1.55 bits per heavy atom. The maximum Gasteiger partial charge on any atom is 0.172 e. The van der Waals surface area contributed by atoms with Crippen molar-refractivity contribution in [1.82, 2.24) is 0 Å². The van der Waals surface area contributed by atoms with Crippen molar-refractivity contribution in [3.05, 3.63) is 71.5 Å². The molecule has 2 aromatic carbocycles. The van der Waals surface area contributed by atoms with Crippen molar-refractivity contribution in [1.29, 1.82) is 0 Å². The molecule has 0 unspecified atom stereocenters. The molecule has 1 nitrogen and oxygen atoms in total. The summed E-state index contributed by atoms with van der Waals surface area (Å²) in [6, 6.07) is 16.1. The van der Waals surface area contributed by atoms with Crippen LogP contribution in [-0.4, -0.2) is 24.9 Å². The third kappa shape index (κ3) is 3.55. The normalized spacial score (nSPS) is 11.8. The molecule has 2 aromatic rings. The molecule has 0 amide bonds. The molecule has 0 aliphatic heterocycles. The minimum absolute atomic E-state index is 0.256. The quantitative estimate of drug-likeness (QED) is 0.451. The number of rotatable bonds is 3. The Morgan fingerprint density at radius 1 is 0.950 bits per heavy atom. The number of nitrogens with zero attached hydrogens (tertiary/aromatic N) is 1. The smallest absolute Gasteiger partial charge is 0.172 e. The van der Waals surface area contributed by atoms with Crippen LogP contribution in [0.3, 0.4) is 0 Å². The summed E-state index contributed by atoms with van der Waals surface area (Å²) in [7, 11) is 3.86. The van der Waals surface area contributed by atoms with Crippen LogP contribution in [0.1, 0.15) is 11.1 Å². The van der Waals surface area contributed by atoms with Gasteiger partial charge in [-0.3, -0.25) is 0 Å². The van der Waals surface area contributed by atoms with E-state index in [2.05, 4.69) is 0 Å². The molecule has 0 bridgehead atoms. The summed E-state index contributed by atoms with van der Waals surface area (Å²) >= 11 is 6.52. The molecule has 3 heteroatoms. The summed E-state index contributed by atoms with van der Waals surface area (Å²) in [5.74, 6) is -0.256. The van der Waals surface area contributed by atoms with E-state index in [1.54, 1.807) is 12.1 Å². The van der Waals surface area contributed by atoms with E-state index in [-0.39, 0.29) is 5.82 Å². The first-order chi connectivity index (χ1) is 9.58. The largest absolute Gasteiger partial charge is 0.241 e. The van der Waals surface area contributed by atoms with Gasteiger partial charge in [0.1, 0.15) is 19.9 Å². The monoisotopic (exact) mass is 288 g/mol. The third-order valence-corrected chi connectivity index (χ3v) is 3.23. The van der Waals surface area contributed by atoms with Gasteiger partial charge in [0.25, 0.3) is 0 Å². The first-order valence-corrected chi connectivity index (χ1v) is 6.68. The average Bonchev–Trinajstić information content (AvgIpc) is 2.46. The van der Waals surface area contributed by atoms with E-state index in [0.29, 0.717) is 5.03 Å². The fraction of sp³-hybridized carbons (Fsp3) is 0.118. The van der Waals surface area contributed by atoms with Crippen molar-refractivity contribution in [2.75, 3.05) is 14.1 Å². The number of benzene rings is 2. The summed E-state index contributed by atoms with van der Waals surface area (Å²) in [6.07, 6.45) is 1.93. The molecule has 102 valence electrons. The van der Waals surface area contributed by atoms with Gasteiger partial charge in [0, 0.05) is 0 Å². The van der Waals surface area contributed by atoms with Crippen molar-refractivity contribution in [2.24, 2.45) is 0 Å². The first kappa shape index (κ1) is 14.5. The van der Waals surface area contributed by atoms with Crippen LogP contribution in [0.2, 0.25) is 0 Å². The number of hydrogen-bond donors (Lipinski definition) is 0. The Hall–Kier alpha value is -1.93. The number of allylic oxidation sites excluding steroid dienone is 1. The number of hydrogen-bond acceptors (Lipinski definition) is 0. The van der Waals surface area contributed by atoms with Crippen molar-refractivity contribution in [3.8, 4) is 0 Å². The molecule has 0 heterocycles. The molecule has 0 aromatic heterocycles. The van der Waals surface area contributed by atoms with Gasteiger partial charge in [-0.1, -0.05) is 54.1 Å². The highest BCUT2D eigenvalue weighted by Crippen LogP contribution is 2.28. The molecule has 2 rings (SSSR count). The Morgan fingerprint density at radius 3 is 2.10 bits per heavy atom. The van der Waals surface area contributed by atoms with Gasteiger partial charge < -0.3 is 0 Å². The van der Waals surface area contributed by atoms with Gasteiger partial charge in [-0.25, -0.2) is 8.97 Å². The molecular weight excluding hydrogens is 273 g/mol. The van der Waals surface area contributed by atoms with E-state index in [1.165, 1.54) is 12.1 Å². The first-order valence-electron chi connectivity index (χ1n) is 6.30. The predicted octanol–water partition coefficient (Wildman–Crippen LogP) is 4.28. The molecular formula is C17H16ClFN+. The molecule has 0 atom stereocenters. The SMILES string of the molecule is C[N+](C)=C/C(=C(\Cl)c1ccccc1)c1ccc(F)cc1. The number of halogens is 2. The molecule has 0 spiro atoms. The lowest BCUT2D eigenvalue weighted by atomic mass is 10.0. The van der Waals surface area contributed by atoms with E-state index >= 15 is 0 Å². The van der Waals surface area contributed by atoms with Gasteiger partial charge in [0.15, 0.2) is 6.21 Å². The van der Waals surface area contributed by atoms with Gasteiger partial charge in [-0.15, -0.1) is 0 Å². The minimum Gasteiger partial charge on any atom is -0.241 e. The van der Waals surface area contributed by atoms with E-state index < -0.39 is 0 Å². The van der Waals surface area contributed by atoms with E-state index in [1.807, 2.05) is 55.2 Å². The fourth-order valence-electron chi connectivity index (χ4n) is 1.89. The minimum atomic E-state index is -0.256. The maximum atomic E-state index is 13.1. The van der Waals surface area contributed by atoms with Crippen molar-refractivity contribution >= 4 is 28.4 Å². The Balaban J connectivity index is 2.58. The standard InChI is InChI=1S/C17H16ClFN/c1-20(2)12-16(13-8-10-15(19)11-9-13)17(18)14-6-4-3-5-7-14/h3-12H,1-2H3/q+1/b17-16+. The van der Waals surface area contributed by atoms with Crippen LogP contribution >= 0.6 is 11.6 Å². The van der Waals surface area contributed by atoms with Crippen LogP contribution < -0.4 is 0 Å². The second kappa shape index (κ2) is 6.49. The van der Waals surface area contributed by atoms with Gasteiger partial charge >= 0.3 is 0 Å². The predicted molar refractivity (Wildman–Crippen MR) is 83.7 cm³/mol. The van der Waals surface area contributed by atoms with Gasteiger partial charge in [0.2, 0.25) is 0 Å². The van der Waals surface area contributed by atoms with Crippen LogP contribution in [0.15, 0.2) is 54.6 Å². The molecule has 20 heavy (non-hydrogen) atoms. The molecule has 0 aliphatic rings. The summed E-state index contributed by atoms with van der Waals surface area (Å²) < 4.78 is 15.0. The molecule has 0 fully saturated rings. The lowest BCUT2D eigenvalue weighted by Gasteiger charge is -2.06. The van der Waals surface area contributed by atoms with Crippen LogP contribution in [0.5, 0.6) is 0 Å². The Kier molecular flexibility index (Phi) is 4.70. The zero-order valence-electron chi connectivity index (χ0n) is 11.5. The van der Waals surface area contributed by atoms with Crippen LogP contribution in [0.4, 0.5) is 4.39 Å². The highest BCUT2D eigenvalue weighted by atomic mass is 35.5. The molecule has 0 saturated heterocycles. The molecule has 0 aliphatic carbocycles. The highest BCUT2D eigenvalue weighted by molar-refractivity contribution is 6.55. The topological polar surface area (TPSA) is 3.01 Å². The maximum absolute atomic E-state index is 13.1. The lowest BCUT2D eigenvalue weighted by Crippen LogP contribution is -2.02. The summed E-state index contributed by atoms with van der Waals surface area (Å²) in [6.45, 7) is 0. The average molecular weight is 289 g/mol. The lowest BCUT2D eigenvalue weighted by molar-refractivity contribution is -0.458. The molecule has 0 radical (unpaired) electrons. The van der Waals surface area contributed by atoms with Gasteiger partial charge in [-0.05, 0) is 23.3 Å². The molecule has 0 saturated carbocycles. The summed E-state index contributed by atoms with van der Waals surface area (Å²) in [5, 5.41) is 0.644. The van der Waals surface area contributed by atoms with Gasteiger partial charge in [0.05, 0.1) is 10.6 Å². The van der Waals surface area contributed by atoms with Crippen LogP contribution in [0, 0.1) is 5.82 Å². The van der Waals surface area contributed by atoms with Crippen LogP contribution in [-0.2, 0) is 0 Å². The van der Waals surface area contributed by atoms with Crippen molar-refractivity contribution in [3.63, 3.8) is 0 Å². The zero-order chi connectivity index (χ0) is 14.5. The molecule has 0 N–H and O–H groups in total. The van der Waals surface area contributed by atoms with E-state index in [0.717, 1.165) is 16.7 Å². The third-order valence-electron chi connectivity index (χ3n) is 2.81. The zero-order valence-corrected chi connectivity index (χ0v) is 12.2. The van der Waals surface area contributed by atoms with Crippen LogP contribution in [0.25, 0.3) is 10.6 Å². The second-order valence-electron chi connectivity index (χ2n) is 4.69.